The van der Waals surface area contributed by atoms with E-state index in [1.54, 1.807) is 36.8 Å². The number of ether oxygens (including phenoxy) is 2. The van der Waals surface area contributed by atoms with E-state index >= 15 is 0 Å². The van der Waals surface area contributed by atoms with E-state index in [0.29, 0.717) is 35.0 Å². The maximum Gasteiger partial charge on any atom is 0.410 e. The molecule has 2 amide bonds. The van der Waals surface area contributed by atoms with Crippen LogP contribution in [0, 0.1) is 11.8 Å². The molecule has 0 aliphatic carbocycles. The number of nitrogens with zero attached hydrogens (tertiary/aromatic N) is 5. The van der Waals surface area contributed by atoms with Crippen LogP contribution in [0.3, 0.4) is 0 Å². The molecule has 358 valence electrons. The standard InChI is InChI=1S/C23H38ClN3O3S.C18H34N2O3S.C5H3BrClN/c1-21(2,3)30-20(28)27-15-16(14-23(27,7)8)9-10-18(26-31(29)22(4,5)6)19-13-17(24)11-12-25-19;1-16(2,3)23-15(21)20-13-14(12-18(20,7)8)10-9-11-19-24(22)17(4,5)6;6-5-3-4(7)1-2-8-5/h11-13,16,18,26H,9-10,14-15H2,1-8H3;11,14H,9-10,12-13H2,1-8H3;1-3H/t16-,18?,31?;14-,24?;/m00./s1. The Morgan fingerprint density at radius 1 is 0.810 bits per heavy atom. The van der Waals surface area contributed by atoms with Crippen molar-refractivity contribution in [2.45, 2.75) is 187 Å². The normalized spacial score (nSPS) is 20.2. The number of nitrogens with one attached hydrogen (secondary N) is 1. The highest BCUT2D eigenvalue weighted by Gasteiger charge is 2.44. The van der Waals surface area contributed by atoms with Crippen molar-refractivity contribution in [2.75, 3.05) is 13.1 Å². The molecule has 0 spiro atoms. The summed E-state index contributed by atoms with van der Waals surface area (Å²) < 4.78 is 43.2. The van der Waals surface area contributed by atoms with Crippen molar-refractivity contribution in [3.63, 3.8) is 0 Å². The fraction of sp³-hybridized carbons (Fsp3) is 0.717. The molecule has 2 saturated heterocycles. The summed E-state index contributed by atoms with van der Waals surface area (Å²) in [7, 11) is -2.43. The van der Waals surface area contributed by atoms with Crippen LogP contribution < -0.4 is 4.72 Å². The van der Waals surface area contributed by atoms with Gasteiger partial charge in [0.05, 0.1) is 32.2 Å². The summed E-state index contributed by atoms with van der Waals surface area (Å²) in [5.41, 5.74) is -0.673. The van der Waals surface area contributed by atoms with Crippen LogP contribution in [0.25, 0.3) is 0 Å². The van der Waals surface area contributed by atoms with Crippen molar-refractivity contribution in [2.24, 2.45) is 16.2 Å². The lowest BCUT2D eigenvalue weighted by atomic mass is 9.91. The van der Waals surface area contributed by atoms with Gasteiger partial charge >= 0.3 is 12.2 Å². The van der Waals surface area contributed by atoms with Crippen LogP contribution in [0.15, 0.2) is 45.7 Å². The van der Waals surface area contributed by atoms with Crippen molar-refractivity contribution in [1.82, 2.24) is 24.5 Å². The van der Waals surface area contributed by atoms with Gasteiger partial charge in [-0.2, -0.15) is 4.40 Å². The minimum absolute atomic E-state index is 0.183. The van der Waals surface area contributed by atoms with Gasteiger partial charge in [0.2, 0.25) is 0 Å². The SMILES string of the molecule is CC(C)(C)OC(=O)N1C[C@@H](CCC(NS(=O)C(C)(C)C)c2cc(Cl)ccn2)CC1(C)C.CC(C)(C)OC(=O)N1C[C@@H](CCC=NS(=O)C(C)(C)C)CC1(C)C.Clc1ccnc(Br)c1. The third-order valence-corrected chi connectivity index (χ3v) is 13.9. The van der Waals surface area contributed by atoms with E-state index in [-0.39, 0.29) is 38.8 Å². The molecular weight excluding hydrogens is 947 g/mol. The average molecular weight is 1020 g/mol. The first-order valence-electron chi connectivity index (χ1n) is 21.6. The average Bonchev–Trinajstić information content (AvgIpc) is 3.59. The van der Waals surface area contributed by atoms with Crippen LogP contribution >= 0.6 is 39.1 Å². The summed E-state index contributed by atoms with van der Waals surface area (Å²) in [5.74, 6) is 0.746. The Morgan fingerprint density at radius 3 is 1.67 bits per heavy atom. The zero-order valence-electron chi connectivity index (χ0n) is 40.6. The highest BCUT2D eigenvalue weighted by molar-refractivity contribution is 9.10. The first-order valence-corrected chi connectivity index (χ1v) is 25.4. The van der Waals surface area contributed by atoms with Gasteiger partial charge in [-0.05, 0) is 201 Å². The van der Waals surface area contributed by atoms with E-state index in [0.717, 1.165) is 48.8 Å². The molecule has 5 atom stereocenters. The first-order chi connectivity index (χ1) is 28.6. The van der Waals surface area contributed by atoms with Crippen LogP contribution in [0.4, 0.5) is 9.59 Å². The third-order valence-electron chi connectivity index (χ3n) is 10.0. The highest BCUT2D eigenvalue weighted by Crippen LogP contribution is 2.38. The van der Waals surface area contributed by atoms with Gasteiger partial charge in [0, 0.05) is 52.8 Å². The molecule has 3 unspecified atom stereocenters. The van der Waals surface area contributed by atoms with Gasteiger partial charge in [-0.25, -0.2) is 27.7 Å². The Kier molecular flexibility index (Phi) is 21.3. The predicted octanol–water partition coefficient (Wildman–Crippen LogP) is 12.5. The molecule has 0 aromatic carbocycles. The molecule has 17 heteroatoms. The molecule has 12 nitrogen and oxygen atoms in total. The van der Waals surface area contributed by atoms with Crippen molar-refractivity contribution >= 4 is 79.5 Å². The Bertz CT molecular complexity index is 1870. The Balaban J connectivity index is 0.000000376. The summed E-state index contributed by atoms with van der Waals surface area (Å²) in [5, 5.41) is 1.31. The largest absolute Gasteiger partial charge is 0.444 e. The summed E-state index contributed by atoms with van der Waals surface area (Å²) >= 11 is 14.9. The summed E-state index contributed by atoms with van der Waals surface area (Å²) in [6, 6.07) is 6.84. The van der Waals surface area contributed by atoms with Gasteiger partial charge in [-0.1, -0.05) is 23.2 Å². The van der Waals surface area contributed by atoms with Crippen LogP contribution in [0.2, 0.25) is 10.0 Å². The van der Waals surface area contributed by atoms with Crippen LogP contribution in [0.5, 0.6) is 0 Å². The first kappa shape index (κ1) is 57.0. The molecule has 0 radical (unpaired) electrons. The van der Waals surface area contributed by atoms with Crippen molar-refractivity contribution < 1.29 is 27.5 Å². The number of carbonyl (C=O) groups excluding carboxylic acids is 2. The quantitative estimate of drug-likeness (QED) is 0.183. The molecule has 1 N–H and O–H groups in total. The lowest BCUT2D eigenvalue weighted by molar-refractivity contribution is 0.0118. The second-order valence-corrected chi connectivity index (χ2v) is 27.1. The number of pyridine rings is 2. The zero-order chi connectivity index (χ0) is 48.4. The molecule has 2 fully saturated rings. The molecule has 2 aromatic heterocycles. The molecule has 2 aliphatic heterocycles. The molecule has 2 aliphatic rings. The van der Waals surface area contributed by atoms with Crippen LogP contribution in [0.1, 0.15) is 161 Å². The lowest BCUT2D eigenvalue weighted by Gasteiger charge is -2.33. The molecule has 4 rings (SSSR count). The minimum Gasteiger partial charge on any atom is -0.444 e. The van der Waals surface area contributed by atoms with Crippen molar-refractivity contribution in [1.29, 1.82) is 0 Å². The van der Waals surface area contributed by atoms with Gasteiger partial charge in [0.25, 0.3) is 0 Å². The Labute approximate surface area is 402 Å². The second kappa shape index (κ2) is 23.5. The molecule has 2 aromatic rings. The molecule has 0 saturated carbocycles. The summed E-state index contributed by atoms with van der Waals surface area (Å²) in [6.07, 6.45) is 9.77. The van der Waals surface area contributed by atoms with Gasteiger partial charge in [0.15, 0.2) is 0 Å². The monoisotopic (exact) mass is 1020 g/mol. The Hall–Kier alpha value is -2.17. The minimum atomic E-state index is -1.24. The lowest BCUT2D eigenvalue weighted by Crippen LogP contribution is -2.45. The summed E-state index contributed by atoms with van der Waals surface area (Å²) in [4.78, 5) is 37.1. The van der Waals surface area contributed by atoms with Crippen LogP contribution in [-0.4, -0.2) is 91.5 Å². The van der Waals surface area contributed by atoms with Gasteiger partial charge in [-0.3, -0.25) is 4.98 Å². The number of carbonyl (C=O) groups is 2. The number of aromatic nitrogens is 2. The van der Waals surface area contributed by atoms with Gasteiger partial charge in [-0.15, -0.1) is 0 Å². The van der Waals surface area contributed by atoms with E-state index < -0.39 is 33.2 Å². The maximum absolute atomic E-state index is 12.8. The topological polar surface area (TPSA) is 143 Å². The number of rotatable bonds is 10. The predicted molar refractivity (Wildman–Crippen MR) is 265 cm³/mol. The number of amides is 2. The Morgan fingerprint density at radius 2 is 1.27 bits per heavy atom. The van der Waals surface area contributed by atoms with Crippen LogP contribution in [-0.2, 0) is 31.4 Å². The van der Waals surface area contributed by atoms with Crippen molar-refractivity contribution in [3.8, 4) is 0 Å². The number of halogens is 3. The number of hydrogen-bond donors (Lipinski definition) is 1. The molecule has 0 bridgehead atoms. The van der Waals surface area contributed by atoms with E-state index in [4.69, 9.17) is 32.7 Å². The van der Waals surface area contributed by atoms with E-state index in [1.807, 2.05) is 99.0 Å². The van der Waals surface area contributed by atoms with Gasteiger partial charge < -0.3 is 19.3 Å². The maximum atomic E-state index is 12.8. The van der Waals surface area contributed by atoms with E-state index in [2.05, 4.69) is 62.7 Å². The van der Waals surface area contributed by atoms with E-state index in [9.17, 15) is 18.0 Å². The molecular formula is C46H75BrCl2N6O6S2. The zero-order valence-corrected chi connectivity index (χ0v) is 45.3. The third kappa shape index (κ3) is 20.9. The second-order valence-electron chi connectivity index (χ2n) is 21.5. The van der Waals surface area contributed by atoms with Gasteiger partial charge in [0.1, 0.15) is 26.8 Å². The molecule has 63 heavy (non-hydrogen) atoms. The smallest absolute Gasteiger partial charge is 0.410 e. The fourth-order valence-corrected chi connectivity index (χ4v) is 9.22. The summed E-state index contributed by atoms with van der Waals surface area (Å²) in [6.45, 7) is 32.6. The van der Waals surface area contributed by atoms with Crippen molar-refractivity contribution in [3.05, 3.63) is 57.0 Å². The number of hydrogen-bond acceptors (Lipinski definition) is 8. The fourth-order valence-electron chi connectivity index (χ4n) is 6.99. The highest BCUT2D eigenvalue weighted by atomic mass is 79.9. The molecule has 4 heterocycles. The van der Waals surface area contributed by atoms with E-state index in [1.165, 1.54) is 0 Å². The number of likely N-dealkylation sites (tertiary alicyclic amines) is 2.